The van der Waals surface area contributed by atoms with Crippen molar-refractivity contribution < 1.29 is 0 Å². The molecule has 2 aliphatic rings. The van der Waals surface area contributed by atoms with Crippen LogP contribution in [0.3, 0.4) is 0 Å². The second-order valence-electron chi connectivity index (χ2n) is 15.0. The molecule has 3 nitrogen and oxygen atoms in total. The number of rotatable bonds is 6. The van der Waals surface area contributed by atoms with Crippen molar-refractivity contribution in [3.05, 3.63) is 186 Å². The Morgan fingerprint density at radius 3 is 1.39 bits per heavy atom. The highest BCUT2D eigenvalue weighted by atomic mass is 15.1. The number of anilines is 6. The van der Waals surface area contributed by atoms with Crippen molar-refractivity contribution in [2.45, 2.75) is 45.4 Å². The van der Waals surface area contributed by atoms with Crippen LogP contribution in [0.25, 0.3) is 22.4 Å². The van der Waals surface area contributed by atoms with Crippen LogP contribution in [0.15, 0.2) is 158 Å². The average Bonchev–Trinajstić information content (AvgIpc) is 3.52. The van der Waals surface area contributed by atoms with E-state index in [1.165, 1.54) is 38.9 Å². The van der Waals surface area contributed by atoms with Crippen LogP contribution in [0.2, 0.25) is 0 Å². The molecule has 9 rings (SSSR count). The first kappa shape index (κ1) is 31.1. The average molecular weight is 660 g/mol. The summed E-state index contributed by atoms with van der Waals surface area (Å²) in [5.74, 6) is 0. The topological polar surface area (TPSA) is 19.4 Å². The van der Waals surface area contributed by atoms with Crippen LogP contribution >= 0.6 is 0 Å². The summed E-state index contributed by atoms with van der Waals surface area (Å²) in [6.45, 7) is 11.7. The molecule has 0 atom stereocenters. The van der Waals surface area contributed by atoms with Crippen molar-refractivity contribution in [2.24, 2.45) is 0 Å². The van der Waals surface area contributed by atoms with Crippen molar-refractivity contribution in [1.82, 2.24) is 4.98 Å². The number of fused-ring (bicyclic) bond motifs is 6. The number of aromatic nitrogens is 1. The number of pyridine rings is 1. The maximum Gasteiger partial charge on any atom is 0.0752 e. The van der Waals surface area contributed by atoms with Gasteiger partial charge < -0.3 is 9.80 Å². The van der Waals surface area contributed by atoms with Gasteiger partial charge in [0.15, 0.2) is 0 Å². The molecule has 2 aliphatic carbocycles. The molecule has 6 aromatic carbocycles. The molecule has 0 radical (unpaired) electrons. The molecule has 1 heterocycles. The molecule has 1 aromatic heterocycles. The molecule has 51 heavy (non-hydrogen) atoms. The summed E-state index contributed by atoms with van der Waals surface area (Å²) in [7, 11) is 0. The quantitative estimate of drug-likeness (QED) is 0.177. The first-order chi connectivity index (χ1) is 24.7. The summed E-state index contributed by atoms with van der Waals surface area (Å²) in [5.41, 5.74) is 17.6. The Labute approximate surface area is 301 Å². The molecular weight excluding hydrogens is 619 g/mol. The van der Waals surface area contributed by atoms with Crippen molar-refractivity contribution in [3.8, 4) is 22.4 Å². The minimum atomic E-state index is -0.271. The first-order valence-electron chi connectivity index (χ1n) is 17.9. The van der Waals surface area contributed by atoms with E-state index in [1.54, 1.807) is 0 Å². The van der Waals surface area contributed by atoms with Gasteiger partial charge in [-0.3, -0.25) is 4.98 Å². The lowest BCUT2D eigenvalue weighted by Gasteiger charge is -2.28. The molecule has 0 saturated heterocycles. The van der Waals surface area contributed by atoms with Gasteiger partial charge in [-0.15, -0.1) is 0 Å². The lowest BCUT2D eigenvalue weighted by atomic mass is 9.81. The predicted octanol–water partition coefficient (Wildman–Crippen LogP) is 12.9. The van der Waals surface area contributed by atoms with Gasteiger partial charge in [-0.1, -0.05) is 107 Å². The number of hydrogen-bond donors (Lipinski definition) is 0. The van der Waals surface area contributed by atoms with Gasteiger partial charge >= 0.3 is 0 Å². The maximum absolute atomic E-state index is 5.65. The van der Waals surface area contributed by atoms with Gasteiger partial charge in [0.05, 0.1) is 11.4 Å². The number of nitrogens with zero attached hydrogens (tertiary/aromatic N) is 3. The lowest BCUT2D eigenvalue weighted by Crippen LogP contribution is -2.19. The van der Waals surface area contributed by atoms with Crippen LogP contribution in [0.1, 0.15) is 55.6 Å². The summed E-state index contributed by atoms with van der Waals surface area (Å²) in [6.07, 6.45) is 0. The Balaban J connectivity index is 1.17. The van der Waals surface area contributed by atoms with E-state index in [0.29, 0.717) is 0 Å². The zero-order chi connectivity index (χ0) is 34.9. The molecule has 0 bridgehead atoms. The molecule has 248 valence electrons. The number of para-hydroxylation sites is 4. The minimum absolute atomic E-state index is 0.225. The number of benzene rings is 6. The summed E-state index contributed by atoms with van der Waals surface area (Å²) in [5, 5.41) is 0. The standard InChI is InChI=1S/C48H41N3/c1-32-28-38(51(35-22-14-8-15-23-35)36-24-16-9-17-25-36)30-42-44(32)45-43(47(42,2)3)31-40-39-27-26-37(29-41(39)48(4,5)46(40)49-45)50(33-18-10-6-11-19-33)34-20-12-7-13-21-34/h6-31H,1-5H3. The van der Waals surface area contributed by atoms with Crippen LogP contribution < -0.4 is 9.80 Å². The molecule has 0 aliphatic heterocycles. The highest BCUT2D eigenvalue weighted by Gasteiger charge is 2.44. The Morgan fingerprint density at radius 2 is 0.882 bits per heavy atom. The Hall–Kier alpha value is -5.93. The van der Waals surface area contributed by atoms with Gasteiger partial charge in [-0.2, -0.15) is 0 Å². The molecule has 7 aromatic rings. The van der Waals surface area contributed by atoms with Gasteiger partial charge in [0.25, 0.3) is 0 Å². The smallest absolute Gasteiger partial charge is 0.0752 e. The summed E-state index contributed by atoms with van der Waals surface area (Å²) in [6, 6.07) is 56.8. The van der Waals surface area contributed by atoms with Crippen LogP contribution in [-0.2, 0) is 10.8 Å². The SMILES string of the molecule is Cc1cc(N(c2ccccc2)c2ccccc2)cc2c1-c1nc3c(cc1C2(C)C)-c1ccc(N(c2ccccc2)c2ccccc2)cc1C3(C)C. The van der Waals surface area contributed by atoms with E-state index >= 15 is 0 Å². The molecule has 0 N–H and O–H groups in total. The fourth-order valence-electron chi connectivity index (χ4n) is 8.47. The fourth-order valence-corrected chi connectivity index (χ4v) is 8.47. The van der Waals surface area contributed by atoms with Crippen molar-refractivity contribution in [1.29, 1.82) is 0 Å². The van der Waals surface area contributed by atoms with E-state index in [0.717, 1.165) is 45.5 Å². The zero-order valence-corrected chi connectivity index (χ0v) is 29.9. The predicted molar refractivity (Wildman–Crippen MR) is 213 cm³/mol. The largest absolute Gasteiger partial charge is 0.310 e. The second-order valence-corrected chi connectivity index (χ2v) is 15.0. The summed E-state index contributed by atoms with van der Waals surface area (Å²) < 4.78 is 0. The zero-order valence-electron chi connectivity index (χ0n) is 29.9. The van der Waals surface area contributed by atoms with Crippen LogP contribution in [0.4, 0.5) is 34.1 Å². The summed E-state index contributed by atoms with van der Waals surface area (Å²) >= 11 is 0. The summed E-state index contributed by atoms with van der Waals surface area (Å²) in [4.78, 5) is 10.4. The van der Waals surface area contributed by atoms with Crippen molar-refractivity contribution >= 4 is 34.1 Å². The van der Waals surface area contributed by atoms with Gasteiger partial charge in [-0.05, 0) is 114 Å². The second kappa shape index (κ2) is 11.6. The van der Waals surface area contributed by atoms with Gasteiger partial charge in [0.2, 0.25) is 0 Å². The molecular formula is C48H41N3. The van der Waals surface area contributed by atoms with Crippen LogP contribution in [0, 0.1) is 6.92 Å². The van der Waals surface area contributed by atoms with E-state index in [9.17, 15) is 0 Å². The first-order valence-corrected chi connectivity index (χ1v) is 17.9. The van der Waals surface area contributed by atoms with Gasteiger partial charge in [0.1, 0.15) is 0 Å². The molecule has 0 spiro atoms. The number of hydrogen-bond acceptors (Lipinski definition) is 3. The molecule has 3 heteroatoms. The molecule has 0 fully saturated rings. The van der Waals surface area contributed by atoms with E-state index in [2.05, 4.69) is 202 Å². The van der Waals surface area contributed by atoms with Crippen molar-refractivity contribution in [3.63, 3.8) is 0 Å². The van der Waals surface area contributed by atoms with E-state index in [-0.39, 0.29) is 10.8 Å². The van der Waals surface area contributed by atoms with Gasteiger partial charge in [0, 0.05) is 56.1 Å². The van der Waals surface area contributed by atoms with E-state index in [1.807, 2.05) is 0 Å². The Kier molecular flexibility index (Phi) is 7.05. The third-order valence-electron chi connectivity index (χ3n) is 11.1. The monoisotopic (exact) mass is 659 g/mol. The van der Waals surface area contributed by atoms with Crippen LogP contribution in [-0.4, -0.2) is 4.98 Å². The van der Waals surface area contributed by atoms with Gasteiger partial charge in [-0.25, -0.2) is 0 Å². The maximum atomic E-state index is 5.65. The highest BCUT2D eigenvalue weighted by molar-refractivity contribution is 5.91. The third kappa shape index (κ3) is 4.83. The van der Waals surface area contributed by atoms with E-state index in [4.69, 9.17) is 4.98 Å². The normalized spacial score (nSPS) is 14.3. The molecule has 0 amide bonds. The van der Waals surface area contributed by atoms with Crippen LogP contribution in [0.5, 0.6) is 0 Å². The minimum Gasteiger partial charge on any atom is -0.310 e. The highest BCUT2D eigenvalue weighted by Crippen LogP contribution is 2.57. The Morgan fingerprint density at radius 1 is 0.412 bits per heavy atom. The lowest BCUT2D eigenvalue weighted by molar-refractivity contribution is 0.631. The van der Waals surface area contributed by atoms with Crippen molar-refractivity contribution in [2.75, 3.05) is 9.80 Å². The fraction of sp³-hybridized carbons (Fsp3) is 0.146. The number of aryl methyl sites for hydroxylation is 1. The molecule has 0 unspecified atom stereocenters. The Bertz CT molecular complexity index is 2330. The molecule has 0 saturated carbocycles. The van der Waals surface area contributed by atoms with E-state index < -0.39 is 0 Å². The third-order valence-corrected chi connectivity index (χ3v) is 11.1.